The van der Waals surface area contributed by atoms with Gasteiger partial charge in [-0.3, -0.25) is 0 Å². The van der Waals surface area contributed by atoms with Crippen LogP contribution in [0.1, 0.15) is 24.8 Å². The maximum atomic E-state index is 12.2. The monoisotopic (exact) mass is 285 g/mol. The third kappa shape index (κ3) is 3.08. The maximum absolute atomic E-state index is 12.2. The Morgan fingerprint density at radius 2 is 2.11 bits per heavy atom. The van der Waals surface area contributed by atoms with Crippen molar-refractivity contribution in [2.45, 2.75) is 36.7 Å². The molecule has 1 fully saturated rings. The molecule has 0 bridgehead atoms. The number of benzene rings is 1. The number of rotatable bonds is 5. The fourth-order valence-electron chi connectivity index (χ4n) is 2.06. The Labute approximate surface area is 113 Å². The fraction of sp³-hybridized carbons (Fsp3) is 0.538. The SMILES string of the molecule is COc1ccc(C)cc1S(=O)(=O)NCC1(O)CCC1. The second kappa shape index (κ2) is 5.11. The molecule has 5 nitrogen and oxygen atoms in total. The molecule has 0 radical (unpaired) electrons. The van der Waals surface area contributed by atoms with Crippen molar-refractivity contribution in [1.29, 1.82) is 0 Å². The van der Waals surface area contributed by atoms with E-state index in [1.807, 2.05) is 6.92 Å². The van der Waals surface area contributed by atoms with Gasteiger partial charge in [0.05, 0.1) is 12.7 Å². The zero-order chi connectivity index (χ0) is 14.1. The summed E-state index contributed by atoms with van der Waals surface area (Å²) in [6, 6.07) is 4.98. The highest BCUT2D eigenvalue weighted by Gasteiger charge is 2.35. The first kappa shape index (κ1) is 14.3. The summed E-state index contributed by atoms with van der Waals surface area (Å²) in [6.45, 7) is 1.87. The molecule has 6 heteroatoms. The molecular weight excluding hydrogens is 266 g/mol. The third-order valence-electron chi connectivity index (χ3n) is 3.48. The summed E-state index contributed by atoms with van der Waals surface area (Å²) in [5, 5.41) is 9.94. The zero-order valence-corrected chi connectivity index (χ0v) is 12.0. The first-order valence-electron chi connectivity index (χ1n) is 6.23. The Balaban J connectivity index is 2.21. The van der Waals surface area contributed by atoms with Gasteiger partial charge in [-0.15, -0.1) is 0 Å². The minimum absolute atomic E-state index is 0.0480. The molecule has 1 aromatic carbocycles. The van der Waals surface area contributed by atoms with E-state index in [2.05, 4.69) is 4.72 Å². The van der Waals surface area contributed by atoms with Crippen LogP contribution in [0.4, 0.5) is 0 Å². The van der Waals surface area contributed by atoms with Gasteiger partial charge in [0.2, 0.25) is 10.0 Å². The summed E-state index contributed by atoms with van der Waals surface area (Å²) in [7, 11) is -2.24. The highest BCUT2D eigenvalue weighted by Crippen LogP contribution is 2.31. The summed E-state index contributed by atoms with van der Waals surface area (Å²) in [4.78, 5) is 0.109. The van der Waals surface area contributed by atoms with Crippen LogP contribution < -0.4 is 9.46 Å². The van der Waals surface area contributed by atoms with Crippen LogP contribution in [0.5, 0.6) is 5.75 Å². The van der Waals surface area contributed by atoms with Crippen molar-refractivity contribution in [2.75, 3.05) is 13.7 Å². The minimum atomic E-state index is -3.67. The summed E-state index contributed by atoms with van der Waals surface area (Å²) in [5.41, 5.74) is -0.0482. The lowest BCUT2D eigenvalue weighted by Crippen LogP contribution is -2.47. The normalized spacial score (nSPS) is 17.8. The predicted molar refractivity (Wildman–Crippen MR) is 71.7 cm³/mol. The van der Waals surface area contributed by atoms with Crippen LogP contribution in [0, 0.1) is 6.92 Å². The van der Waals surface area contributed by atoms with Gasteiger partial charge in [0, 0.05) is 6.54 Å². The number of nitrogens with one attached hydrogen (secondary N) is 1. The smallest absolute Gasteiger partial charge is 0.244 e. The van der Waals surface area contributed by atoms with E-state index in [1.54, 1.807) is 18.2 Å². The van der Waals surface area contributed by atoms with Crippen LogP contribution >= 0.6 is 0 Å². The molecule has 0 aromatic heterocycles. The first-order valence-corrected chi connectivity index (χ1v) is 7.71. The van der Waals surface area contributed by atoms with Gasteiger partial charge in [-0.2, -0.15) is 0 Å². The molecule has 1 aromatic rings. The summed E-state index contributed by atoms with van der Waals surface area (Å²) >= 11 is 0. The third-order valence-corrected chi connectivity index (χ3v) is 4.91. The molecule has 2 rings (SSSR count). The van der Waals surface area contributed by atoms with Gasteiger partial charge >= 0.3 is 0 Å². The molecule has 0 spiro atoms. The number of methoxy groups -OCH3 is 1. The van der Waals surface area contributed by atoms with E-state index < -0.39 is 15.6 Å². The van der Waals surface area contributed by atoms with E-state index in [0.29, 0.717) is 18.6 Å². The van der Waals surface area contributed by atoms with Crippen LogP contribution in [0.15, 0.2) is 23.1 Å². The lowest BCUT2D eigenvalue weighted by Gasteiger charge is -2.36. The average Bonchev–Trinajstić information content (AvgIpc) is 2.34. The topological polar surface area (TPSA) is 75.6 Å². The Bertz CT molecular complexity index is 564. The zero-order valence-electron chi connectivity index (χ0n) is 11.1. The van der Waals surface area contributed by atoms with Crippen LogP contribution in [0.2, 0.25) is 0 Å². The van der Waals surface area contributed by atoms with E-state index in [4.69, 9.17) is 4.74 Å². The Morgan fingerprint density at radius 3 is 2.63 bits per heavy atom. The maximum Gasteiger partial charge on any atom is 0.244 e. The molecule has 106 valence electrons. The molecule has 1 aliphatic carbocycles. The van der Waals surface area contributed by atoms with Gasteiger partial charge in [0.25, 0.3) is 0 Å². The minimum Gasteiger partial charge on any atom is -0.495 e. The summed E-state index contributed by atoms with van der Waals surface area (Å²) < 4.78 is 32.0. The standard InChI is InChI=1S/C13H19NO4S/c1-10-4-5-11(18-2)12(8-10)19(16,17)14-9-13(15)6-3-7-13/h4-5,8,14-15H,3,6-7,9H2,1-2H3. The van der Waals surface area contributed by atoms with Gasteiger partial charge in [0.15, 0.2) is 0 Å². The van der Waals surface area contributed by atoms with Crippen molar-refractivity contribution < 1.29 is 18.3 Å². The van der Waals surface area contributed by atoms with Crippen molar-refractivity contribution in [1.82, 2.24) is 4.72 Å². The quantitative estimate of drug-likeness (QED) is 0.852. The molecule has 19 heavy (non-hydrogen) atoms. The molecule has 0 saturated heterocycles. The summed E-state index contributed by atoms with van der Waals surface area (Å²) in [5.74, 6) is 0.304. The molecule has 0 unspecified atom stereocenters. The van der Waals surface area contributed by atoms with Gasteiger partial charge in [-0.25, -0.2) is 13.1 Å². The van der Waals surface area contributed by atoms with Gasteiger partial charge in [-0.1, -0.05) is 6.07 Å². The number of hydrogen-bond acceptors (Lipinski definition) is 4. The van der Waals surface area contributed by atoms with Crippen LogP contribution in [0.25, 0.3) is 0 Å². The summed E-state index contributed by atoms with van der Waals surface area (Å²) in [6.07, 6.45) is 2.22. The van der Waals surface area contributed by atoms with Crippen LogP contribution in [-0.4, -0.2) is 32.8 Å². The lowest BCUT2D eigenvalue weighted by atomic mass is 9.81. The molecule has 0 heterocycles. The number of sulfonamides is 1. The second-order valence-corrected chi connectivity index (χ2v) is 6.79. The van der Waals surface area contributed by atoms with E-state index in [-0.39, 0.29) is 11.4 Å². The number of ether oxygens (including phenoxy) is 1. The van der Waals surface area contributed by atoms with Crippen molar-refractivity contribution in [3.63, 3.8) is 0 Å². The van der Waals surface area contributed by atoms with Gasteiger partial charge in [0.1, 0.15) is 10.6 Å². The van der Waals surface area contributed by atoms with Crippen molar-refractivity contribution in [2.24, 2.45) is 0 Å². The Morgan fingerprint density at radius 1 is 1.42 bits per heavy atom. The van der Waals surface area contributed by atoms with E-state index >= 15 is 0 Å². The fourth-order valence-corrected chi connectivity index (χ4v) is 3.43. The Kier molecular flexibility index (Phi) is 3.85. The van der Waals surface area contributed by atoms with Crippen molar-refractivity contribution in [3.8, 4) is 5.75 Å². The lowest BCUT2D eigenvalue weighted by molar-refractivity contribution is -0.0271. The predicted octanol–water partition coefficient (Wildman–Crippen LogP) is 1.20. The van der Waals surface area contributed by atoms with Crippen molar-refractivity contribution >= 4 is 10.0 Å². The molecule has 0 aliphatic heterocycles. The second-order valence-electron chi connectivity index (χ2n) is 5.06. The largest absolute Gasteiger partial charge is 0.495 e. The molecule has 1 saturated carbocycles. The highest BCUT2D eigenvalue weighted by atomic mass is 32.2. The average molecular weight is 285 g/mol. The highest BCUT2D eigenvalue weighted by molar-refractivity contribution is 7.89. The molecule has 1 aliphatic rings. The van der Waals surface area contributed by atoms with Crippen LogP contribution in [-0.2, 0) is 10.0 Å². The van der Waals surface area contributed by atoms with Gasteiger partial charge in [-0.05, 0) is 43.9 Å². The first-order chi connectivity index (χ1) is 8.86. The number of hydrogen-bond donors (Lipinski definition) is 2. The molecule has 2 N–H and O–H groups in total. The van der Waals surface area contributed by atoms with E-state index in [1.165, 1.54) is 7.11 Å². The molecule has 0 amide bonds. The Hall–Kier alpha value is -1.11. The number of aryl methyl sites for hydroxylation is 1. The number of aliphatic hydroxyl groups is 1. The van der Waals surface area contributed by atoms with Crippen molar-refractivity contribution in [3.05, 3.63) is 23.8 Å². The van der Waals surface area contributed by atoms with E-state index in [0.717, 1.165) is 12.0 Å². The van der Waals surface area contributed by atoms with Crippen LogP contribution in [0.3, 0.4) is 0 Å². The van der Waals surface area contributed by atoms with E-state index in [9.17, 15) is 13.5 Å². The molecule has 0 atom stereocenters. The molecular formula is C13H19NO4S. The van der Waals surface area contributed by atoms with Gasteiger partial charge < -0.3 is 9.84 Å².